The van der Waals surface area contributed by atoms with Gasteiger partial charge >= 0.3 is 6.03 Å². The van der Waals surface area contributed by atoms with Crippen LogP contribution in [0.25, 0.3) is 0 Å². The fourth-order valence-electron chi connectivity index (χ4n) is 1.43. The quantitative estimate of drug-likeness (QED) is 0.555. The maximum absolute atomic E-state index is 11.4. The Morgan fingerprint density at radius 3 is 2.84 bits per heavy atom. The summed E-state index contributed by atoms with van der Waals surface area (Å²) in [4.78, 5) is 11.4. The lowest BCUT2D eigenvalue weighted by molar-refractivity contribution is 0.145. The Labute approximate surface area is 113 Å². The summed E-state index contributed by atoms with van der Waals surface area (Å²) in [6.45, 7) is 5.40. The lowest BCUT2D eigenvalue weighted by Crippen LogP contribution is -2.35. The largest absolute Gasteiger partial charge is 0.491 e. The first-order valence-corrected chi connectivity index (χ1v) is 6.10. The average Bonchev–Trinajstić information content (AvgIpc) is 2.44. The molecule has 104 valence electrons. The van der Waals surface area contributed by atoms with Crippen LogP contribution in [0.3, 0.4) is 0 Å². The van der Waals surface area contributed by atoms with Crippen molar-refractivity contribution in [3.05, 3.63) is 42.5 Å². The molecule has 5 nitrogen and oxygen atoms in total. The summed E-state index contributed by atoms with van der Waals surface area (Å²) >= 11 is 0. The van der Waals surface area contributed by atoms with Crippen molar-refractivity contribution in [1.82, 2.24) is 10.6 Å². The van der Waals surface area contributed by atoms with E-state index in [1.54, 1.807) is 13.2 Å². The summed E-state index contributed by atoms with van der Waals surface area (Å²) in [7, 11) is 1.63. The van der Waals surface area contributed by atoms with Crippen molar-refractivity contribution < 1.29 is 14.3 Å². The predicted octanol–water partition coefficient (Wildman–Crippen LogP) is 1.70. The molecule has 0 radical (unpaired) electrons. The zero-order valence-corrected chi connectivity index (χ0v) is 11.1. The van der Waals surface area contributed by atoms with Crippen molar-refractivity contribution in [2.24, 2.45) is 0 Å². The van der Waals surface area contributed by atoms with Gasteiger partial charge in [-0.2, -0.15) is 0 Å². The van der Waals surface area contributed by atoms with Crippen LogP contribution in [0.15, 0.2) is 36.9 Å². The first kappa shape index (κ1) is 15.0. The highest BCUT2D eigenvalue weighted by Gasteiger charge is 2.04. The number of urea groups is 1. The predicted molar refractivity (Wildman–Crippen MR) is 74.2 cm³/mol. The number of benzene rings is 1. The number of nitrogens with one attached hydrogen (secondary N) is 2. The van der Waals surface area contributed by atoms with Crippen LogP contribution in [0.5, 0.6) is 5.75 Å². The minimum atomic E-state index is -0.230. The second-order valence-electron chi connectivity index (χ2n) is 3.80. The molecule has 0 fully saturated rings. The Hall–Kier alpha value is -2.01. The molecule has 0 bridgehead atoms. The second-order valence-corrected chi connectivity index (χ2v) is 3.80. The molecule has 19 heavy (non-hydrogen) atoms. The molecule has 0 aliphatic rings. The molecule has 0 saturated heterocycles. The fourth-order valence-corrected chi connectivity index (χ4v) is 1.43. The van der Waals surface area contributed by atoms with E-state index in [1.807, 2.05) is 24.3 Å². The average molecular weight is 264 g/mol. The summed E-state index contributed by atoms with van der Waals surface area (Å²) in [6.07, 6.45) is 1.63. The van der Waals surface area contributed by atoms with Crippen LogP contribution >= 0.6 is 0 Å². The normalized spacial score (nSPS) is 9.74. The minimum absolute atomic E-state index is 0.230. The van der Waals surface area contributed by atoms with Crippen LogP contribution in [-0.2, 0) is 11.3 Å². The molecule has 0 atom stereocenters. The zero-order chi connectivity index (χ0) is 13.9. The van der Waals surface area contributed by atoms with E-state index in [1.165, 1.54) is 0 Å². The summed E-state index contributed by atoms with van der Waals surface area (Å²) in [5, 5.41) is 5.40. The number of rotatable bonds is 8. The van der Waals surface area contributed by atoms with Gasteiger partial charge in [-0.05, 0) is 6.07 Å². The maximum atomic E-state index is 11.4. The number of para-hydroxylation sites is 1. The maximum Gasteiger partial charge on any atom is 0.315 e. The van der Waals surface area contributed by atoms with Crippen molar-refractivity contribution in [2.45, 2.75) is 6.54 Å². The Morgan fingerprint density at radius 1 is 1.32 bits per heavy atom. The van der Waals surface area contributed by atoms with Gasteiger partial charge < -0.3 is 20.1 Å². The highest BCUT2D eigenvalue weighted by atomic mass is 16.5. The van der Waals surface area contributed by atoms with Gasteiger partial charge in [-0.15, -0.1) is 6.58 Å². The zero-order valence-electron chi connectivity index (χ0n) is 11.1. The number of methoxy groups -OCH3 is 1. The van der Waals surface area contributed by atoms with E-state index in [0.29, 0.717) is 26.3 Å². The van der Waals surface area contributed by atoms with Crippen molar-refractivity contribution in [2.75, 3.05) is 26.9 Å². The van der Waals surface area contributed by atoms with E-state index >= 15 is 0 Å². The van der Waals surface area contributed by atoms with Gasteiger partial charge in [-0.25, -0.2) is 4.79 Å². The van der Waals surface area contributed by atoms with Crippen molar-refractivity contribution >= 4 is 6.03 Å². The van der Waals surface area contributed by atoms with Gasteiger partial charge in [-0.1, -0.05) is 24.3 Å². The molecular weight excluding hydrogens is 244 g/mol. The van der Waals surface area contributed by atoms with Crippen LogP contribution in [0.2, 0.25) is 0 Å². The molecule has 2 N–H and O–H groups in total. The molecule has 0 saturated carbocycles. The molecule has 2 amide bonds. The van der Waals surface area contributed by atoms with Gasteiger partial charge in [-0.3, -0.25) is 0 Å². The van der Waals surface area contributed by atoms with Gasteiger partial charge in [0.2, 0.25) is 0 Å². The number of ether oxygens (including phenoxy) is 2. The Morgan fingerprint density at radius 2 is 2.11 bits per heavy atom. The second kappa shape index (κ2) is 8.99. The van der Waals surface area contributed by atoms with Crippen LogP contribution in [-0.4, -0.2) is 32.9 Å². The molecule has 0 aliphatic heterocycles. The van der Waals surface area contributed by atoms with Crippen LogP contribution in [0.1, 0.15) is 5.56 Å². The number of carbonyl (C=O) groups excluding carboxylic acids is 1. The monoisotopic (exact) mass is 264 g/mol. The summed E-state index contributed by atoms with van der Waals surface area (Å²) in [5.41, 5.74) is 0.923. The Bertz CT molecular complexity index is 407. The van der Waals surface area contributed by atoms with E-state index in [9.17, 15) is 4.79 Å². The highest BCUT2D eigenvalue weighted by molar-refractivity contribution is 5.74. The van der Waals surface area contributed by atoms with E-state index in [4.69, 9.17) is 9.47 Å². The Kier molecular flexibility index (Phi) is 7.12. The summed E-state index contributed by atoms with van der Waals surface area (Å²) in [5.74, 6) is 0.753. The smallest absolute Gasteiger partial charge is 0.315 e. The van der Waals surface area contributed by atoms with Gasteiger partial charge in [0.25, 0.3) is 0 Å². The molecule has 0 aromatic heterocycles. The number of hydrogen-bond donors (Lipinski definition) is 2. The third kappa shape index (κ3) is 5.92. The molecule has 5 heteroatoms. The van der Waals surface area contributed by atoms with E-state index < -0.39 is 0 Å². The van der Waals surface area contributed by atoms with E-state index in [2.05, 4.69) is 17.2 Å². The minimum Gasteiger partial charge on any atom is -0.491 e. The molecule has 1 aromatic carbocycles. The first-order chi connectivity index (χ1) is 9.27. The summed E-state index contributed by atoms with van der Waals surface area (Å²) in [6, 6.07) is 7.35. The topological polar surface area (TPSA) is 59.6 Å². The standard InChI is InChI=1S/C14H20N2O3/c1-3-8-15-14(17)16-11-12-6-4-5-7-13(12)19-10-9-18-2/h3-7H,1,8-11H2,2H3,(H2,15,16,17). The SMILES string of the molecule is C=CCNC(=O)NCc1ccccc1OCCOC. The number of carbonyl (C=O) groups is 1. The Balaban J connectivity index is 2.47. The molecular formula is C14H20N2O3. The fraction of sp³-hybridized carbons (Fsp3) is 0.357. The molecule has 0 unspecified atom stereocenters. The molecule has 0 heterocycles. The van der Waals surface area contributed by atoms with Crippen molar-refractivity contribution in [1.29, 1.82) is 0 Å². The van der Waals surface area contributed by atoms with Gasteiger partial charge in [0.1, 0.15) is 12.4 Å². The third-order valence-electron chi connectivity index (χ3n) is 2.36. The van der Waals surface area contributed by atoms with E-state index in [0.717, 1.165) is 11.3 Å². The van der Waals surface area contributed by atoms with Gasteiger partial charge in [0.05, 0.1) is 6.61 Å². The van der Waals surface area contributed by atoms with E-state index in [-0.39, 0.29) is 6.03 Å². The third-order valence-corrected chi connectivity index (χ3v) is 2.36. The summed E-state index contributed by atoms with van der Waals surface area (Å²) < 4.78 is 10.5. The van der Waals surface area contributed by atoms with Crippen LogP contribution in [0, 0.1) is 0 Å². The number of amides is 2. The molecule has 1 rings (SSSR count). The number of hydrogen-bond acceptors (Lipinski definition) is 3. The molecule has 0 aliphatic carbocycles. The molecule has 1 aromatic rings. The van der Waals surface area contributed by atoms with Crippen LogP contribution < -0.4 is 15.4 Å². The van der Waals surface area contributed by atoms with Gasteiger partial charge in [0, 0.05) is 25.8 Å². The van der Waals surface area contributed by atoms with Crippen molar-refractivity contribution in [3.8, 4) is 5.75 Å². The van der Waals surface area contributed by atoms with Crippen molar-refractivity contribution in [3.63, 3.8) is 0 Å². The lowest BCUT2D eigenvalue weighted by Gasteiger charge is -2.12. The molecule has 0 spiro atoms. The lowest BCUT2D eigenvalue weighted by atomic mass is 10.2. The first-order valence-electron chi connectivity index (χ1n) is 6.10. The highest BCUT2D eigenvalue weighted by Crippen LogP contribution is 2.17. The van der Waals surface area contributed by atoms with Crippen LogP contribution in [0.4, 0.5) is 4.79 Å². The van der Waals surface area contributed by atoms with Gasteiger partial charge in [0.15, 0.2) is 0 Å².